The summed E-state index contributed by atoms with van der Waals surface area (Å²) in [5, 5.41) is 3.51. The number of nitrogens with one attached hydrogen (secondary N) is 1. The van der Waals surface area contributed by atoms with Crippen LogP contribution in [0.4, 0.5) is 5.69 Å². The Hall–Kier alpha value is -2.37. The third kappa shape index (κ3) is 5.07. The lowest BCUT2D eigenvalue weighted by Gasteiger charge is -2.34. The van der Waals surface area contributed by atoms with Crippen LogP contribution in [0.5, 0.6) is 0 Å². The Labute approximate surface area is 158 Å². The maximum absolute atomic E-state index is 12.5. The monoisotopic (exact) mass is 371 g/mol. The first-order valence-electron chi connectivity index (χ1n) is 8.70. The summed E-state index contributed by atoms with van der Waals surface area (Å²) in [5.74, 6) is 0.0403. The zero-order valence-corrected chi connectivity index (χ0v) is 15.3. The van der Waals surface area contributed by atoms with E-state index in [0.717, 1.165) is 11.3 Å². The van der Waals surface area contributed by atoms with E-state index in [1.165, 1.54) is 0 Å². The fourth-order valence-electron chi connectivity index (χ4n) is 3.00. The predicted octanol–water partition coefficient (Wildman–Crippen LogP) is 2.67. The van der Waals surface area contributed by atoms with Crippen molar-refractivity contribution >= 4 is 29.1 Å². The first-order chi connectivity index (χ1) is 12.6. The Balaban J connectivity index is 1.44. The van der Waals surface area contributed by atoms with E-state index in [-0.39, 0.29) is 11.8 Å². The number of carbonyl (C=O) groups excluding carboxylic acids is 2. The van der Waals surface area contributed by atoms with Gasteiger partial charge in [-0.15, -0.1) is 0 Å². The molecule has 1 heterocycles. The molecule has 2 aromatic carbocycles. The molecule has 26 heavy (non-hydrogen) atoms. The maximum Gasteiger partial charge on any atom is 0.238 e. The van der Waals surface area contributed by atoms with Gasteiger partial charge >= 0.3 is 0 Å². The molecule has 0 spiro atoms. The molecule has 2 amide bonds. The second kappa shape index (κ2) is 8.83. The molecule has 0 saturated carbocycles. The van der Waals surface area contributed by atoms with E-state index in [0.29, 0.717) is 44.2 Å². The van der Waals surface area contributed by atoms with Gasteiger partial charge in [-0.05, 0) is 23.8 Å². The molecule has 1 saturated heterocycles. The lowest BCUT2D eigenvalue weighted by Crippen LogP contribution is -2.50. The number of benzene rings is 2. The average Bonchev–Trinajstić information content (AvgIpc) is 2.65. The largest absolute Gasteiger partial charge is 0.340 e. The van der Waals surface area contributed by atoms with Crippen molar-refractivity contribution in [2.45, 2.75) is 6.42 Å². The second-order valence-electron chi connectivity index (χ2n) is 6.34. The Morgan fingerprint density at radius 1 is 0.923 bits per heavy atom. The molecule has 1 aliphatic rings. The highest BCUT2D eigenvalue weighted by Gasteiger charge is 2.22. The van der Waals surface area contributed by atoms with E-state index in [9.17, 15) is 9.59 Å². The molecule has 3 rings (SSSR count). The fraction of sp³-hybridized carbons (Fsp3) is 0.300. The number of hydrogen-bond acceptors (Lipinski definition) is 3. The standard InChI is InChI=1S/C20H22ClN3O2/c21-18-9-5-4-6-16(18)14-20(26)24-12-10-23(11-13-24)15-19(25)22-17-7-2-1-3-8-17/h1-9H,10-15H2,(H,22,25). The van der Waals surface area contributed by atoms with Gasteiger partial charge in [0.2, 0.25) is 11.8 Å². The van der Waals surface area contributed by atoms with Gasteiger partial charge in [0, 0.05) is 36.9 Å². The third-order valence-corrected chi connectivity index (χ3v) is 4.82. The van der Waals surface area contributed by atoms with Crippen molar-refractivity contribution in [2.24, 2.45) is 0 Å². The van der Waals surface area contributed by atoms with Gasteiger partial charge in [-0.2, -0.15) is 0 Å². The molecular formula is C20H22ClN3O2. The number of anilines is 1. The molecule has 2 aromatic rings. The molecule has 0 bridgehead atoms. The quantitative estimate of drug-likeness (QED) is 0.879. The summed E-state index contributed by atoms with van der Waals surface area (Å²) in [7, 11) is 0. The highest BCUT2D eigenvalue weighted by molar-refractivity contribution is 6.31. The number of carbonyl (C=O) groups is 2. The van der Waals surface area contributed by atoms with Crippen molar-refractivity contribution in [3.05, 3.63) is 65.2 Å². The molecule has 1 N–H and O–H groups in total. The van der Waals surface area contributed by atoms with Gasteiger partial charge in [-0.3, -0.25) is 14.5 Å². The van der Waals surface area contributed by atoms with Crippen molar-refractivity contribution in [3.8, 4) is 0 Å². The molecule has 5 nitrogen and oxygen atoms in total. The summed E-state index contributed by atoms with van der Waals surface area (Å²) in [6, 6.07) is 16.8. The fourth-order valence-corrected chi connectivity index (χ4v) is 3.20. The molecule has 1 fully saturated rings. The van der Waals surface area contributed by atoms with Gasteiger partial charge in [-0.25, -0.2) is 0 Å². The molecule has 0 aromatic heterocycles. The van der Waals surface area contributed by atoms with Crippen molar-refractivity contribution in [3.63, 3.8) is 0 Å². The zero-order valence-electron chi connectivity index (χ0n) is 14.5. The molecular weight excluding hydrogens is 350 g/mol. The zero-order chi connectivity index (χ0) is 18.4. The number of hydrogen-bond donors (Lipinski definition) is 1. The Kier molecular flexibility index (Phi) is 6.26. The minimum atomic E-state index is -0.0351. The van der Waals surface area contributed by atoms with Gasteiger partial charge in [0.05, 0.1) is 13.0 Å². The van der Waals surface area contributed by atoms with Crippen LogP contribution in [-0.4, -0.2) is 54.3 Å². The van der Waals surface area contributed by atoms with E-state index >= 15 is 0 Å². The summed E-state index contributed by atoms with van der Waals surface area (Å²) < 4.78 is 0. The van der Waals surface area contributed by atoms with Gasteiger partial charge in [0.25, 0.3) is 0 Å². The highest BCUT2D eigenvalue weighted by Crippen LogP contribution is 2.16. The minimum absolute atomic E-state index is 0.0351. The van der Waals surface area contributed by atoms with Gasteiger partial charge < -0.3 is 10.2 Å². The summed E-state index contributed by atoms with van der Waals surface area (Å²) in [6.45, 7) is 2.97. The second-order valence-corrected chi connectivity index (χ2v) is 6.75. The molecule has 6 heteroatoms. The van der Waals surface area contributed by atoms with E-state index in [1.807, 2.05) is 53.4 Å². The first kappa shape index (κ1) is 18.4. The van der Waals surface area contributed by atoms with Crippen LogP contribution in [0.25, 0.3) is 0 Å². The third-order valence-electron chi connectivity index (χ3n) is 4.45. The number of nitrogens with zero attached hydrogens (tertiary/aromatic N) is 2. The van der Waals surface area contributed by atoms with E-state index < -0.39 is 0 Å². The lowest BCUT2D eigenvalue weighted by molar-refractivity contribution is -0.132. The van der Waals surface area contributed by atoms with Crippen molar-refractivity contribution in [1.29, 1.82) is 0 Å². The van der Waals surface area contributed by atoms with Crippen LogP contribution >= 0.6 is 11.6 Å². The Morgan fingerprint density at radius 2 is 1.58 bits per heavy atom. The molecule has 0 radical (unpaired) electrons. The normalized spacial score (nSPS) is 14.9. The van der Waals surface area contributed by atoms with Crippen LogP contribution in [0.2, 0.25) is 5.02 Å². The Bertz CT molecular complexity index is 759. The van der Waals surface area contributed by atoms with Crippen molar-refractivity contribution in [1.82, 2.24) is 9.80 Å². The van der Waals surface area contributed by atoms with Crippen LogP contribution in [-0.2, 0) is 16.0 Å². The molecule has 0 aliphatic carbocycles. The van der Waals surface area contributed by atoms with E-state index in [1.54, 1.807) is 6.07 Å². The summed E-state index contributed by atoms with van der Waals surface area (Å²) >= 11 is 6.13. The summed E-state index contributed by atoms with van der Waals surface area (Å²) in [4.78, 5) is 28.5. The maximum atomic E-state index is 12.5. The van der Waals surface area contributed by atoms with Crippen LogP contribution < -0.4 is 5.32 Å². The lowest BCUT2D eigenvalue weighted by atomic mass is 10.1. The van der Waals surface area contributed by atoms with Crippen LogP contribution in [0.15, 0.2) is 54.6 Å². The van der Waals surface area contributed by atoms with Crippen LogP contribution in [0.1, 0.15) is 5.56 Å². The molecule has 1 aliphatic heterocycles. The van der Waals surface area contributed by atoms with Crippen molar-refractivity contribution < 1.29 is 9.59 Å². The number of amides is 2. The van der Waals surface area contributed by atoms with Gasteiger partial charge in [0.15, 0.2) is 0 Å². The number of para-hydroxylation sites is 1. The molecule has 0 unspecified atom stereocenters. The summed E-state index contributed by atoms with van der Waals surface area (Å²) in [6.07, 6.45) is 0.314. The first-order valence-corrected chi connectivity index (χ1v) is 9.08. The van der Waals surface area contributed by atoms with E-state index in [2.05, 4.69) is 10.2 Å². The van der Waals surface area contributed by atoms with Crippen molar-refractivity contribution in [2.75, 3.05) is 38.0 Å². The van der Waals surface area contributed by atoms with Crippen LogP contribution in [0.3, 0.4) is 0 Å². The Morgan fingerprint density at radius 3 is 2.27 bits per heavy atom. The van der Waals surface area contributed by atoms with Gasteiger partial charge in [0.1, 0.15) is 0 Å². The number of piperazine rings is 1. The predicted molar refractivity (Wildman–Crippen MR) is 103 cm³/mol. The van der Waals surface area contributed by atoms with E-state index in [4.69, 9.17) is 11.6 Å². The number of halogens is 1. The average molecular weight is 372 g/mol. The highest BCUT2D eigenvalue weighted by atomic mass is 35.5. The van der Waals surface area contributed by atoms with Gasteiger partial charge in [-0.1, -0.05) is 48.0 Å². The SMILES string of the molecule is O=C(CN1CCN(C(=O)Cc2ccccc2Cl)CC1)Nc1ccccc1. The molecule has 0 atom stereocenters. The smallest absolute Gasteiger partial charge is 0.238 e. The summed E-state index contributed by atoms with van der Waals surface area (Å²) in [5.41, 5.74) is 1.65. The molecule has 136 valence electrons. The topological polar surface area (TPSA) is 52.7 Å². The minimum Gasteiger partial charge on any atom is -0.340 e. The van der Waals surface area contributed by atoms with Crippen LogP contribution in [0, 0.1) is 0 Å². The number of rotatable bonds is 5.